The van der Waals surface area contributed by atoms with Crippen LogP contribution in [0.2, 0.25) is 0 Å². The Morgan fingerprint density at radius 1 is 0.500 bits per heavy atom. The third-order valence-corrected chi connectivity index (χ3v) is 7.21. The van der Waals surface area contributed by atoms with Crippen molar-refractivity contribution in [1.29, 1.82) is 0 Å². The molecular weight excluding hydrogens is 400 g/mol. The molecule has 0 bridgehead atoms. The quantitative estimate of drug-likeness (QED) is 0.205. The zero-order valence-electron chi connectivity index (χ0n) is 16.8. The highest BCUT2D eigenvalue weighted by atomic mass is 32.2. The van der Waals surface area contributed by atoms with Crippen molar-refractivity contribution >= 4 is 35.7 Å². The van der Waals surface area contributed by atoms with E-state index in [2.05, 4.69) is 121 Å². The third-order valence-electron chi connectivity index (χ3n) is 4.73. The summed E-state index contributed by atoms with van der Waals surface area (Å²) in [4.78, 5) is 2.70. The van der Waals surface area contributed by atoms with E-state index in [1.165, 1.54) is 32.0 Å². The fourth-order valence-electron chi connectivity index (χ4n) is 3.15. The standard InChI is InChI=1S/C28H24S2/c1-4-11-23(12-5-1)19-20-26-17-10-18-27(29-21-24-13-6-2-7-14-24)28(26)30-22-25-15-8-3-9-16-25/h1-20H,21-22H2/b20-19+. The molecule has 0 nitrogen and oxygen atoms in total. The molecule has 0 aliphatic carbocycles. The van der Waals surface area contributed by atoms with Gasteiger partial charge in [-0.3, -0.25) is 0 Å². The zero-order valence-corrected chi connectivity index (χ0v) is 18.4. The van der Waals surface area contributed by atoms with Crippen molar-refractivity contribution in [2.75, 3.05) is 0 Å². The summed E-state index contributed by atoms with van der Waals surface area (Å²) >= 11 is 3.84. The molecular formula is C28H24S2. The summed E-state index contributed by atoms with van der Waals surface area (Å²) < 4.78 is 0. The Morgan fingerprint density at radius 2 is 1.07 bits per heavy atom. The highest BCUT2D eigenvalue weighted by Gasteiger charge is 2.09. The van der Waals surface area contributed by atoms with Gasteiger partial charge in [0.25, 0.3) is 0 Å². The molecule has 0 N–H and O–H groups in total. The Labute approximate surface area is 188 Å². The van der Waals surface area contributed by atoms with Crippen molar-refractivity contribution in [3.63, 3.8) is 0 Å². The maximum absolute atomic E-state index is 2.25. The Balaban J connectivity index is 1.59. The molecule has 0 aliphatic rings. The van der Waals surface area contributed by atoms with Gasteiger partial charge in [-0.05, 0) is 28.3 Å². The van der Waals surface area contributed by atoms with E-state index < -0.39 is 0 Å². The lowest BCUT2D eigenvalue weighted by Crippen LogP contribution is -1.88. The van der Waals surface area contributed by atoms with Gasteiger partial charge in [-0.15, -0.1) is 23.5 Å². The Hall–Kier alpha value is -2.68. The van der Waals surface area contributed by atoms with E-state index in [1.807, 2.05) is 23.5 Å². The predicted octanol–water partition coefficient (Wildman–Crippen LogP) is 8.44. The largest absolute Gasteiger partial charge is 0.120 e. The van der Waals surface area contributed by atoms with Crippen LogP contribution in [0, 0.1) is 0 Å². The number of rotatable bonds is 8. The van der Waals surface area contributed by atoms with Gasteiger partial charge in [-0.2, -0.15) is 0 Å². The van der Waals surface area contributed by atoms with E-state index in [0.29, 0.717) is 0 Å². The van der Waals surface area contributed by atoms with E-state index in [9.17, 15) is 0 Å². The molecule has 0 radical (unpaired) electrons. The maximum atomic E-state index is 2.25. The summed E-state index contributed by atoms with van der Waals surface area (Å²) in [6.07, 6.45) is 4.45. The molecule has 0 saturated carbocycles. The summed E-state index contributed by atoms with van der Waals surface area (Å²) in [6.45, 7) is 0. The van der Waals surface area contributed by atoms with Gasteiger partial charge in [0.05, 0.1) is 0 Å². The Morgan fingerprint density at radius 3 is 1.70 bits per heavy atom. The molecule has 0 aromatic heterocycles. The molecule has 0 amide bonds. The Kier molecular flexibility index (Phi) is 7.49. The number of benzene rings is 4. The second-order valence-corrected chi connectivity index (χ2v) is 8.97. The van der Waals surface area contributed by atoms with Crippen LogP contribution in [0.15, 0.2) is 119 Å². The molecule has 4 aromatic carbocycles. The van der Waals surface area contributed by atoms with Gasteiger partial charge in [-0.1, -0.05) is 115 Å². The van der Waals surface area contributed by atoms with Crippen molar-refractivity contribution < 1.29 is 0 Å². The number of hydrogen-bond acceptors (Lipinski definition) is 2. The first-order valence-electron chi connectivity index (χ1n) is 10.1. The molecule has 0 saturated heterocycles. The lowest BCUT2D eigenvalue weighted by Gasteiger charge is -2.13. The van der Waals surface area contributed by atoms with Gasteiger partial charge in [-0.25, -0.2) is 0 Å². The van der Waals surface area contributed by atoms with Crippen molar-refractivity contribution in [2.24, 2.45) is 0 Å². The lowest BCUT2D eigenvalue weighted by atomic mass is 10.1. The van der Waals surface area contributed by atoms with Gasteiger partial charge < -0.3 is 0 Å². The predicted molar refractivity (Wildman–Crippen MR) is 134 cm³/mol. The SMILES string of the molecule is C(=C\c1cccc(SCc2ccccc2)c1SCc1ccccc1)/c1ccccc1. The maximum Gasteiger partial charge on any atom is 0.0284 e. The molecule has 0 atom stereocenters. The summed E-state index contributed by atoms with van der Waals surface area (Å²) in [7, 11) is 0. The summed E-state index contributed by atoms with van der Waals surface area (Å²) in [5.41, 5.74) is 5.20. The molecule has 0 aliphatic heterocycles. The fraction of sp³-hybridized carbons (Fsp3) is 0.0714. The van der Waals surface area contributed by atoms with Gasteiger partial charge in [0.15, 0.2) is 0 Å². The van der Waals surface area contributed by atoms with E-state index in [0.717, 1.165) is 11.5 Å². The van der Waals surface area contributed by atoms with Gasteiger partial charge in [0, 0.05) is 21.3 Å². The topological polar surface area (TPSA) is 0 Å². The van der Waals surface area contributed by atoms with Gasteiger partial charge >= 0.3 is 0 Å². The normalized spacial score (nSPS) is 11.1. The smallest absolute Gasteiger partial charge is 0.0284 e. The second-order valence-electron chi connectivity index (χ2n) is 6.97. The van der Waals surface area contributed by atoms with Crippen LogP contribution < -0.4 is 0 Å². The highest BCUT2D eigenvalue weighted by Crippen LogP contribution is 2.37. The molecule has 2 heteroatoms. The van der Waals surface area contributed by atoms with E-state index in [1.54, 1.807) is 0 Å². The van der Waals surface area contributed by atoms with Crippen molar-refractivity contribution in [2.45, 2.75) is 21.3 Å². The van der Waals surface area contributed by atoms with E-state index in [4.69, 9.17) is 0 Å². The van der Waals surface area contributed by atoms with E-state index in [-0.39, 0.29) is 0 Å². The first-order valence-corrected chi connectivity index (χ1v) is 12.1. The van der Waals surface area contributed by atoms with Crippen LogP contribution in [0.3, 0.4) is 0 Å². The van der Waals surface area contributed by atoms with Crippen LogP contribution in [0.1, 0.15) is 22.3 Å². The van der Waals surface area contributed by atoms with Crippen molar-refractivity contribution in [1.82, 2.24) is 0 Å². The minimum Gasteiger partial charge on any atom is -0.120 e. The molecule has 0 heterocycles. The average Bonchev–Trinajstić information content (AvgIpc) is 2.82. The second kappa shape index (κ2) is 10.9. The summed E-state index contributed by atoms with van der Waals surface area (Å²) in [6, 6.07) is 38.5. The summed E-state index contributed by atoms with van der Waals surface area (Å²) in [5, 5.41) is 0. The van der Waals surface area contributed by atoms with Gasteiger partial charge in [0.2, 0.25) is 0 Å². The van der Waals surface area contributed by atoms with Gasteiger partial charge in [0.1, 0.15) is 0 Å². The third kappa shape index (κ3) is 5.91. The fourth-order valence-corrected chi connectivity index (χ4v) is 5.46. The summed E-state index contributed by atoms with van der Waals surface area (Å²) in [5.74, 6) is 1.95. The van der Waals surface area contributed by atoms with Crippen LogP contribution >= 0.6 is 23.5 Å². The van der Waals surface area contributed by atoms with Crippen molar-refractivity contribution in [3.8, 4) is 0 Å². The minimum atomic E-state index is 0.968. The molecule has 4 aromatic rings. The average molecular weight is 425 g/mol. The molecule has 0 fully saturated rings. The van der Waals surface area contributed by atoms with Crippen LogP contribution in [0.4, 0.5) is 0 Å². The van der Waals surface area contributed by atoms with Crippen LogP contribution in [-0.4, -0.2) is 0 Å². The van der Waals surface area contributed by atoms with Crippen LogP contribution in [-0.2, 0) is 11.5 Å². The Bertz CT molecular complexity index is 1070. The van der Waals surface area contributed by atoms with E-state index >= 15 is 0 Å². The first-order chi connectivity index (χ1) is 14.9. The lowest BCUT2D eigenvalue weighted by molar-refractivity contribution is 1.21. The van der Waals surface area contributed by atoms with Crippen LogP contribution in [0.25, 0.3) is 12.2 Å². The molecule has 148 valence electrons. The number of hydrogen-bond donors (Lipinski definition) is 0. The molecule has 0 unspecified atom stereocenters. The monoisotopic (exact) mass is 424 g/mol. The van der Waals surface area contributed by atoms with Crippen LogP contribution in [0.5, 0.6) is 0 Å². The molecule has 4 rings (SSSR count). The molecule has 0 spiro atoms. The molecule has 30 heavy (non-hydrogen) atoms. The van der Waals surface area contributed by atoms with Crippen molar-refractivity contribution in [3.05, 3.63) is 131 Å². The zero-order chi connectivity index (χ0) is 20.4. The highest BCUT2D eigenvalue weighted by molar-refractivity contribution is 8.01. The minimum absolute atomic E-state index is 0.968. The number of thioether (sulfide) groups is 2. The first kappa shape index (κ1) is 20.6.